The van der Waals surface area contributed by atoms with Gasteiger partial charge in [0.1, 0.15) is 5.76 Å². The van der Waals surface area contributed by atoms with E-state index in [0.29, 0.717) is 5.56 Å². The Morgan fingerprint density at radius 1 is 1.14 bits per heavy atom. The first-order valence-electron chi connectivity index (χ1n) is 9.25. The van der Waals surface area contributed by atoms with Gasteiger partial charge in [-0.3, -0.25) is 14.6 Å². The van der Waals surface area contributed by atoms with Crippen molar-refractivity contribution >= 4 is 28.8 Å². The minimum Gasteiger partial charge on any atom is -0.507 e. The molecule has 1 aromatic carbocycles. The van der Waals surface area contributed by atoms with Crippen LogP contribution in [0.2, 0.25) is 0 Å². The Balaban J connectivity index is 1.87. The van der Waals surface area contributed by atoms with E-state index in [2.05, 4.69) is 4.98 Å². The lowest BCUT2D eigenvalue weighted by atomic mass is 9.96. The molecule has 1 aliphatic heterocycles. The lowest BCUT2D eigenvalue weighted by Crippen LogP contribution is -2.28. The van der Waals surface area contributed by atoms with Crippen LogP contribution >= 0.6 is 11.3 Å². The summed E-state index contributed by atoms with van der Waals surface area (Å²) in [5, 5.41) is 13.0. The van der Waals surface area contributed by atoms with Crippen LogP contribution in [0.5, 0.6) is 0 Å². The van der Waals surface area contributed by atoms with E-state index in [1.165, 1.54) is 16.2 Å². The summed E-state index contributed by atoms with van der Waals surface area (Å²) in [6.45, 7) is 4.07. The third-order valence-electron chi connectivity index (χ3n) is 5.10. The molecule has 6 heteroatoms. The summed E-state index contributed by atoms with van der Waals surface area (Å²) in [4.78, 5) is 32.3. The second-order valence-corrected chi connectivity index (χ2v) is 8.10. The molecular weight excluding hydrogens is 384 g/mol. The number of hydrogen-bond acceptors (Lipinski definition) is 5. The molecule has 1 saturated heterocycles. The predicted octanol–water partition coefficient (Wildman–Crippen LogP) is 4.38. The van der Waals surface area contributed by atoms with Crippen LogP contribution < -0.4 is 0 Å². The van der Waals surface area contributed by atoms with Crippen LogP contribution in [-0.2, 0) is 16.1 Å². The number of amides is 1. The Labute approximate surface area is 173 Å². The van der Waals surface area contributed by atoms with Gasteiger partial charge in [-0.25, -0.2) is 0 Å². The number of aliphatic hydroxyl groups excluding tert-OH is 1. The van der Waals surface area contributed by atoms with E-state index >= 15 is 0 Å². The first kappa shape index (κ1) is 19.1. The van der Waals surface area contributed by atoms with Crippen molar-refractivity contribution in [2.45, 2.75) is 26.4 Å². The van der Waals surface area contributed by atoms with Gasteiger partial charge in [0.25, 0.3) is 11.7 Å². The van der Waals surface area contributed by atoms with Crippen LogP contribution in [0.15, 0.2) is 65.8 Å². The molecule has 5 nitrogen and oxygen atoms in total. The maximum Gasteiger partial charge on any atom is 0.295 e. The highest BCUT2D eigenvalue weighted by atomic mass is 32.1. The van der Waals surface area contributed by atoms with Crippen molar-refractivity contribution in [3.8, 4) is 0 Å². The summed E-state index contributed by atoms with van der Waals surface area (Å²) in [6.07, 6.45) is 3.31. The summed E-state index contributed by atoms with van der Waals surface area (Å²) < 4.78 is 0. The predicted molar refractivity (Wildman–Crippen MR) is 112 cm³/mol. The van der Waals surface area contributed by atoms with Crippen molar-refractivity contribution in [2.24, 2.45) is 0 Å². The number of likely N-dealkylation sites (tertiary alicyclic amines) is 1. The van der Waals surface area contributed by atoms with Gasteiger partial charge in [-0.05, 0) is 54.6 Å². The van der Waals surface area contributed by atoms with E-state index in [1.54, 1.807) is 12.4 Å². The molecule has 1 atom stereocenters. The van der Waals surface area contributed by atoms with Gasteiger partial charge in [0.2, 0.25) is 0 Å². The number of pyridine rings is 1. The Hall–Kier alpha value is -3.25. The van der Waals surface area contributed by atoms with Gasteiger partial charge in [0.05, 0.1) is 11.6 Å². The summed E-state index contributed by atoms with van der Waals surface area (Å²) in [6, 6.07) is 12.5. The molecule has 1 fully saturated rings. The van der Waals surface area contributed by atoms with Gasteiger partial charge in [-0.2, -0.15) is 0 Å². The van der Waals surface area contributed by atoms with E-state index in [4.69, 9.17) is 0 Å². The zero-order chi connectivity index (χ0) is 20.5. The summed E-state index contributed by atoms with van der Waals surface area (Å²) >= 11 is 1.46. The molecule has 3 heterocycles. The number of aliphatic hydroxyl groups is 1. The van der Waals surface area contributed by atoms with Crippen LogP contribution in [-0.4, -0.2) is 26.7 Å². The maximum absolute atomic E-state index is 13.0. The van der Waals surface area contributed by atoms with Gasteiger partial charge in [-0.15, -0.1) is 11.3 Å². The molecule has 0 radical (unpaired) electrons. The van der Waals surface area contributed by atoms with Crippen molar-refractivity contribution in [2.75, 3.05) is 0 Å². The van der Waals surface area contributed by atoms with Gasteiger partial charge in [0.15, 0.2) is 0 Å². The van der Waals surface area contributed by atoms with E-state index in [9.17, 15) is 14.7 Å². The fraction of sp³-hybridized carbons (Fsp3) is 0.174. The fourth-order valence-corrected chi connectivity index (χ4v) is 4.45. The first-order valence-corrected chi connectivity index (χ1v) is 10.1. The van der Waals surface area contributed by atoms with E-state index in [0.717, 1.165) is 21.6 Å². The number of Topliss-reactive ketones (excluding diaryl/α,β-unsaturated/α-hetero) is 1. The van der Waals surface area contributed by atoms with Gasteiger partial charge >= 0.3 is 0 Å². The van der Waals surface area contributed by atoms with Crippen LogP contribution in [0.1, 0.15) is 33.2 Å². The molecule has 1 N–H and O–H groups in total. The average molecular weight is 404 g/mol. The Morgan fingerprint density at radius 3 is 2.59 bits per heavy atom. The average Bonchev–Trinajstić information content (AvgIpc) is 3.33. The number of carbonyl (C=O) groups excluding carboxylic acids is 2. The number of benzene rings is 1. The third-order valence-corrected chi connectivity index (χ3v) is 6.03. The summed E-state index contributed by atoms with van der Waals surface area (Å²) in [7, 11) is 0. The minimum absolute atomic E-state index is 0.125. The molecule has 1 aliphatic rings. The van der Waals surface area contributed by atoms with Crippen molar-refractivity contribution in [1.29, 1.82) is 0 Å². The normalized spacial score (nSPS) is 18.4. The first-order chi connectivity index (χ1) is 14.0. The zero-order valence-corrected chi connectivity index (χ0v) is 16.9. The topological polar surface area (TPSA) is 70.5 Å². The highest BCUT2D eigenvalue weighted by molar-refractivity contribution is 7.10. The lowest BCUT2D eigenvalue weighted by Gasteiger charge is -2.24. The Bertz CT molecular complexity index is 1100. The van der Waals surface area contributed by atoms with Crippen LogP contribution in [0.3, 0.4) is 0 Å². The monoisotopic (exact) mass is 404 g/mol. The zero-order valence-electron chi connectivity index (χ0n) is 16.1. The minimum atomic E-state index is -0.657. The molecule has 2 aromatic heterocycles. The van der Waals surface area contributed by atoms with Crippen molar-refractivity contribution < 1.29 is 14.7 Å². The summed E-state index contributed by atoms with van der Waals surface area (Å²) in [5.41, 5.74) is 3.40. The van der Waals surface area contributed by atoms with E-state index in [-0.39, 0.29) is 17.9 Å². The smallest absolute Gasteiger partial charge is 0.295 e. The van der Waals surface area contributed by atoms with Crippen molar-refractivity contribution in [3.63, 3.8) is 0 Å². The van der Waals surface area contributed by atoms with Crippen LogP contribution in [0.25, 0.3) is 5.76 Å². The molecule has 1 amide bonds. The molecule has 146 valence electrons. The number of aromatic nitrogens is 1. The second kappa shape index (κ2) is 7.64. The van der Waals surface area contributed by atoms with Crippen molar-refractivity contribution in [3.05, 3.63) is 92.9 Å². The molecule has 0 spiro atoms. The molecular formula is C23H20N2O3S. The third kappa shape index (κ3) is 3.47. The lowest BCUT2D eigenvalue weighted by molar-refractivity contribution is -0.140. The number of rotatable bonds is 4. The second-order valence-electron chi connectivity index (χ2n) is 7.12. The quantitative estimate of drug-likeness (QED) is 0.398. The number of nitrogens with zero attached hydrogens (tertiary/aromatic N) is 2. The maximum atomic E-state index is 13.0. The van der Waals surface area contributed by atoms with Gasteiger partial charge in [-0.1, -0.05) is 23.8 Å². The molecule has 29 heavy (non-hydrogen) atoms. The Morgan fingerprint density at radius 2 is 1.90 bits per heavy atom. The fourth-order valence-electron chi connectivity index (χ4n) is 3.61. The molecule has 0 saturated carbocycles. The molecule has 4 rings (SSSR count). The number of carbonyl (C=O) groups is 2. The van der Waals surface area contributed by atoms with Crippen LogP contribution in [0.4, 0.5) is 0 Å². The highest BCUT2D eigenvalue weighted by Gasteiger charge is 2.46. The van der Waals surface area contributed by atoms with Gasteiger partial charge in [0, 0.05) is 29.4 Å². The number of ketones is 1. The standard InChI is InChI=1S/C23H20N2O3S/c1-14-5-6-15(2)17(12-14)21(26)19-20(18-4-3-11-29-18)25(23(28)22(19)27)13-16-7-9-24-10-8-16/h3-12,20,26H,13H2,1-2H3/b21-19-. The van der Waals surface area contributed by atoms with E-state index < -0.39 is 17.7 Å². The van der Waals surface area contributed by atoms with Crippen molar-refractivity contribution in [1.82, 2.24) is 9.88 Å². The SMILES string of the molecule is Cc1ccc(C)c(/C(O)=C2/C(=O)C(=O)N(Cc3ccncc3)C2c2cccs2)c1. The molecule has 0 aliphatic carbocycles. The summed E-state index contributed by atoms with van der Waals surface area (Å²) in [5.74, 6) is -1.39. The molecule has 0 bridgehead atoms. The molecule has 3 aromatic rings. The highest BCUT2D eigenvalue weighted by Crippen LogP contribution is 2.42. The van der Waals surface area contributed by atoms with Crippen LogP contribution in [0, 0.1) is 13.8 Å². The largest absolute Gasteiger partial charge is 0.507 e. The number of thiophene rings is 1. The van der Waals surface area contributed by atoms with E-state index in [1.807, 2.05) is 61.7 Å². The Kier molecular flexibility index (Phi) is 5.03. The number of aryl methyl sites for hydroxylation is 2. The molecule has 1 unspecified atom stereocenters. The van der Waals surface area contributed by atoms with Gasteiger partial charge < -0.3 is 10.0 Å². The number of hydrogen-bond donors (Lipinski definition) is 1.